The molecule has 4 amide bonds. The molecule has 0 bridgehead atoms. The lowest BCUT2D eigenvalue weighted by Crippen LogP contribution is -2.46. The van der Waals surface area contributed by atoms with Gasteiger partial charge in [0.05, 0.1) is 25.7 Å². The van der Waals surface area contributed by atoms with Crippen molar-refractivity contribution < 1.29 is 85.6 Å². The van der Waals surface area contributed by atoms with Crippen LogP contribution in [-0.4, -0.2) is 154 Å². The predicted octanol–water partition coefficient (Wildman–Crippen LogP) is 6.21. The van der Waals surface area contributed by atoms with Crippen LogP contribution < -0.4 is 0 Å². The number of ether oxygens (including phenoxy) is 1. The van der Waals surface area contributed by atoms with E-state index in [1.165, 1.54) is 7.11 Å². The number of halogens is 12. The van der Waals surface area contributed by atoms with Crippen molar-refractivity contribution >= 4 is 32.0 Å². The Bertz CT molecular complexity index is 1230. The van der Waals surface area contributed by atoms with E-state index in [0.717, 1.165) is 0 Å². The second-order valence-electron chi connectivity index (χ2n) is 12.0. The maximum Gasteiger partial charge on any atom is 0.471 e. The van der Waals surface area contributed by atoms with Crippen LogP contribution in [0.3, 0.4) is 0 Å². The molecule has 0 aliphatic carbocycles. The zero-order valence-corrected chi connectivity index (χ0v) is 31.6. The summed E-state index contributed by atoms with van der Waals surface area (Å²) in [6.45, 7) is -3.62. The van der Waals surface area contributed by atoms with Crippen LogP contribution in [0.4, 0.5) is 52.7 Å². The molecule has 0 radical (unpaired) electrons. The van der Waals surface area contributed by atoms with Crippen molar-refractivity contribution in [2.75, 3.05) is 86.0 Å². The SMILES string of the molecule is COCCCCN(CCCN(CCCCN(CCCN(CCCCOP(C)OCCC#N)C(=O)C(F)(F)F)C(=O)C(F)(F)F)C(=O)C(F)(F)F)C(=O)C(F)(F)F. The lowest BCUT2D eigenvalue weighted by molar-refractivity contribution is -0.187. The molecule has 0 saturated heterocycles. The van der Waals surface area contributed by atoms with Crippen molar-refractivity contribution in [3.8, 4) is 6.07 Å². The van der Waals surface area contributed by atoms with Gasteiger partial charge in [0.1, 0.15) is 0 Å². The first kappa shape index (κ1) is 52.8. The van der Waals surface area contributed by atoms with Gasteiger partial charge in [-0.25, -0.2) is 0 Å². The fourth-order valence-electron chi connectivity index (χ4n) is 4.89. The number of nitriles is 1. The predicted molar refractivity (Wildman–Crippen MR) is 174 cm³/mol. The Kier molecular flexibility index (Phi) is 24.5. The molecule has 326 valence electrons. The number of methoxy groups -OCH3 is 1. The number of alkyl halides is 12. The van der Waals surface area contributed by atoms with Crippen molar-refractivity contribution in [2.24, 2.45) is 0 Å². The van der Waals surface area contributed by atoms with Crippen LogP contribution in [0.25, 0.3) is 0 Å². The fraction of sp³-hybridized carbons (Fsp3) is 0.839. The Labute approximate surface area is 317 Å². The van der Waals surface area contributed by atoms with E-state index in [-0.39, 0.29) is 61.7 Å². The third-order valence-electron chi connectivity index (χ3n) is 7.55. The standard InChI is InChI=1S/C31H46F12N5O7P/c1-53-21-7-5-15-47(26(51)30(38,39)40)19-10-17-45(24(49)28(32,33)34)13-3-4-14-46(25(50)29(35,36)37)18-11-20-48(27(52)31(41,42)43)16-6-8-22-54-56(2)55-23-9-12-44/h3-11,13-23H2,1-2H3. The topological polar surface area (TPSA) is 133 Å². The van der Waals surface area contributed by atoms with Crippen molar-refractivity contribution in [3.05, 3.63) is 0 Å². The molecule has 1 unspecified atom stereocenters. The van der Waals surface area contributed by atoms with Crippen molar-refractivity contribution in [2.45, 2.75) is 82.5 Å². The number of nitrogens with zero attached hydrogens (tertiary/aromatic N) is 5. The molecule has 0 heterocycles. The summed E-state index contributed by atoms with van der Waals surface area (Å²) >= 11 is 0. The Hall–Kier alpha value is -3.16. The van der Waals surface area contributed by atoms with Gasteiger partial charge >= 0.3 is 48.3 Å². The van der Waals surface area contributed by atoms with Crippen LogP contribution in [0, 0.1) is 11.3 Å². The van der Waals surface area contributed by atoms with Crippen LogP contribution in [-0.2, 0) is 33.0 Å². The second-order valence-corrected chi connectivity index (χ2v) is 13.4. The van der Waals surface area contributed by atoms with E-state index < -0.39 is 135 Å². The summed E-state index contributed by atoms with van der Waals surface area (Å²) in [5.41, 5.74) is 0. The summed E-state index contributed by atoms with van der Waals surface area (Å²) in [6.07, 6.45) is -23.0. The number of unbranched alkanes of at least 4 members (excludes halogenated alkanes) is 3. The first-order valence-corrected chi connectivity index (χ1v) is 18.8. The molecule has 0 aliphatic rings. The Morgan fingerprint density at radius 2 is 0.750 bits per heavy atom. The third kappa shape index (κ3) is 22.5. The van der Waals surface area contributed by atoms with E-state index in [1.54, 1.807) is 6.66 Å². The van der Waals surface area contributed by atoms with Crippen LogP contribution in [0.15, 0.2) is 0 Å². The maximum atomic E-state index is 13.4. The largest absolute Gasteiger partial charge is 0.471 e. The van der Waals surface area contributed by atoms with Gasteiger partial charge in [-0.15, -0.1) is 0 Å². The molecule has 25 heteroatoms. The fourth-order valence-corrected chi connectivity index (χ4v) is 5.70. The van der Waals surface area contributed by atoms with Gasteiger partial charge in [-0.1, -0.05) is 0 Å². The summed E-state index contributed by atoms with van der Waals surface area (Å²) in [5.74, 6) is -9.36. The van der Waals surface area contributed by atoms with Gasteiger partial charge in [0.25, 0.3) is 0 Å². The molecule has 1 atom stereocenters. The highest BCUT2D eigenvalue weighted by atomic mass is 31.2. The monoisotopic (exact) mass is 859 g/mol. The van der Waals surface area contributed by atoms with E-state index in [0.29, 0.717) is 9.80 Å². The third-order valence-corrected chi connectivity index (χ3v) is 8.64. The quantitative estimate of drug-likeness (QED) is 0.0542. The van der Waals surface area contributed by atoms with Gasteiger partial charge in [0, 0.05) is 72.7 Å². The average Bonchev–Trinajstić information content (AvgIpc) is 3.09. The van der Waals surface area contributed by atoms with Crippen molar-refractivity contribution in [3.63, 3.8) is 0 Å². The number of hydrogen-bond donors (Lipinski definition) is 0. The molecule has 0 fully saturated rings. The van der Waals surface area contributed by atoms with E-state index in [2.05, 4.69) is 0 Å². The summed E-state index contributed by atoms with van der Waals surface area (Å²) in [7, 11) is -0.0499. The zero-order chi connectivity index (χ0) is 43.2. The number of amides is 4. The van der Waals surface area contributed by atoms with Crippen LogP contribution in [0.1, 0.15) is 57.8 Å². The van der Waals surface area contributed by atoms with Gasteiger partial charge in [0.2, 0.25) is 0 Å². The lowest BCUT2D eigenvalue weighted by Gasteiger charge is -2.28. The highest BCUT2D eigenvalue weighted by Gasteiger charge is 2.45. The van der Waals surface area contributed by atoms with Gasteiger partial charge in [-0.05, 0) is 51.4 Å². The Morgan fingerprint density at radius 1 is 0.482 bits per heavy atom. The molecule has 0 saturated carbocycles. The highest BCUT2D eigenvalue weighted by molar-refractivity contribution is 7.46. The minimum absolute atomic E-state index is 0.0212. The van der Waals surface area contributed by atoms with Gasteiger partial charge in [-0.3, -0.25) is 19.2 Å². The molecular weight excluding hydrogens is 813 g/mol. The average molecular weight is 860 g/mol. The molecule has 0 N–H and O–H groups in total. The lowest BCUT2D eigenvalue weighted by atomic mass is 10.2. The molecule has 0 aromatic rings. The molecule has 12 nitrogen and oxygen atoms in total. The van der Waals surface area contributed by atoms with E-state index in [9.17, 15) is 71.9 Å². The molecule has 0 spiro atoms. The number of hydrogen-bond acceptors (Lipinski definition) is 8. The molecule has 0 aromatic heterocycles. The first-order chi connectivity index (χ1) is 25.9. The summed E-state index contributed by atoms with van der Waals surface area (Å²) in [6, 6.07) is 1.86. The molecule has 0 rings (SSSR count). The van der Waals surface area contributed by atoms with Gasteiger partial charge in [0.15, 0.2) is 8.38 Å². The Morgan fingerprint density at radius 3 is 1.04 bits per heavy atom. The molecule has 0 aliphatic heterocycles. The van der Waals surface area contributed by atoms with E-state index in [1.807, 2.05) is 6.07 Å². The number of carbonyl (C=O) groups excluding carboxylic acids is 4. The first-order valence-electron chi connectivity index (χ1n) is 17.2. The smallest absolute Gasteiger partial charge is 0.385 e. The second kappa shape index (κ2) is 26.0. The summed E-state index contributed by atoms with van der Waals surface area (Å²) in [4.78, 5) is 49.1. The number of rotatable bonds is 27. The minimum atomic E-state index is -5.46. The molecule has 0 aromatic carbocycles. The maximum absolute atomic E-state index is 13.4. The van der Waals surface area contributed by atoms with Crippen molar-refractivity contribution in [1.29, 1.82) is 5.26 Å². The zero-order valence-electron chi connectivity index (χ0n) is 30.7. The van der Waals surface area contributed by atoms with Crippen molar-refractivity contribution in [1.82, 2.24) is 19.6 Å². The molecule has 56 heavy (non-hydrogen) atoms. The molecular formula is C31H46F12N5O7P. The van der Waals surface area contributed by atoms with E-state index in [4.69, 9.17) is 19.0 Å². The van der Waals surface area contributed by atoms with Crippen LogP contribution in [0.2, 0.25) is 0 Å². The van der Waals surface area contributed by atoms with Crippen LogP contribution >= 0.6 is 8.38 Å². The summed E-state index contributed by atoms with van der Waals surface area (Å²) < 4.78 is 174. The van der Waals surface area contributed by atoms with Gasteiger partial charge < -0.3 is 33.4 Å². The number of carbonyl (C=O) groups is 4. The highest BCUT2D eigenvalue weighted by Crippen LogP contribution is 2.33. The minimum Gasteiger partial charge on any atom is -0.385 e. The van der Waals surface area contributed by atoms with Crippen LogP contribution in [0.5, 0.6) is 0 Å². The van der Waals surface area contributed by atoms with E-state index >= 15 is 0 Å². The normalized spacial score (nSPS) is 12.9. The summed E-state index contributed by atoms with van der Waals surface area (Å²) in [5, 5.41) is 8.51. The Balaban J connectivity index is 5.50. The van der Waals surface area contributed by atoms with Gasteiger partial charge in [-0.2, -0.15) is 57.9 Å².